The Hall–Kier alpha value is -1.35. The Balaban J connectivity index is 3.08. The van der Waals surface area contributed by atoms with Crippen molar-refractivity contribution in [3.05, 3.63) is 29.3 Å². The third-order valence-corrected chi connectivity index (χ3v) is 3.36. The molecule has 0 aromatic heterocycles. The first-order valence-corrected chi connectivity index (χ1v) is 6.39. The number of carbonyl (C=O) groups excluding carboxylic acids is 1. The Morgan fingerprint density at radius 1 is 1.28 bits per heavy atom. The summed E-state index contributed by atoms with van der Waals surface area (Å²) in [4.78, 5) is 12.2. The van der Waals surface area contributed by atoms with Gasteiger partial charge in [0.25, 0.3) is 0 Å². The van der Waals surface area contributed by atoms with Crippen molar-refractivity contribution in [3.63, 3.8) is 0 Å². The molecule has 1 amide bonds. The highest BCUT2D eigenvalue weighted by Gasteiger charge is 2.26. The van der Waals surface area contributed by atoms with Gasteiger partial charge in [0, 0.05) is 5.69 Å². The Morgan fingerprint density at radius 3 is 2.39 bits per heavy atom. The van der Waals surface area contributed by atoms with E-state index < -0.39 is 5.54 Å². The van der Waals surface area contributed by atoms with E-state index in [9.17, 15) is 4.79 Å². The highest BCUT2D eigenvalue weighted by atomic mass is 16.2. The molecule has 2 N–H and O–H groups in total. The molecule has 18 heavy (non-hydrogen) atoms. The molecule has 0 aliphatic rings. The lowest BCUT2D eigenvalue weighted by molar-refractivity contribution is -0.121. The normalized spacial score (nSPS) is 11.7. The average molecular weight is 248 g/mol. The van der Waals surface area contributed by atoms with Crippen molar-refractivity contribution in [1.29, 1.82) is 0 Å². The van der Waals surface area contributed by atoms with Gasteiger partial charge in [-0.2, -0.15) is 0 Å². The number of carbonyl (C=O) groups is 1. The molecule has 0 spiro atoms. The lowest BCUT2D eigenvalue weighted by Crippen LogP contribution is -2.48. The van der Waals surface area contributed by atoms with Crippen LogP contribution in [0.4, 0.5) is 5.69 Å². The smallest absolute Gasteiger partial charge is 0.244 e. The number of para-hydroxylation sites is 1. The van der Waals surface area contributed by atoms with Crippen molar-refractivity contribution in [3.8, 4) is 0 Å². The van der Waals surface area contributed by atoms with Crippen LogP contribution < -0.4 is 10.6 Å². The fourth-order valence-electron chi connectivity index (χ4n) is 1.73. The van der Waals surface area contributed by atoms with Crippen molar-refractivity contribution in [1.82, 2.24) is 5.32 Å². The van der Waals surface area contributed by atoms with Crippen LogP contribution in [0.15, 0.2) is 18.2 Å². The second-order valence-electron chi connectivity index (χ2n) is 5.52. The molecule has 3 heteroatoms. The van der Waals surface area contributed by atoms with Gasteiger partial charge in [0.2, 0.25) is 5.91 Å². The molecule has 0 aliphatic heterocycles. The maximum atomic E-state index is 12.2. The molecule has 0 radical (unpaired) electrons. The minimum absolute atomic E-state index is 0.0128. The van der Waals surface area contributed by atoms with Gasteiger partial charge in [-0.1, -0.05) is 32.0 Å². The van der Waals surface area contributed by atoms with E-state index in [1.54, 1.807) is 7.05 Å². The predicted molar refractivity (Wildman–Crippen MR) is 77.0 cm³/mol. The van der Waals surface area contributed by atoms with Crippen molar-refractivity contribution in [2.45, 2.75) is 46.1 Å². The Morgan fingerprint density at radius 2 is 1.89 bits per heavy atom. The minimum atomic E-state index is -0.573. The number of aryl methyl sites for hydroxylation is 1. The molecule has 1 aromatic rings. The standard InChI is InChI=1S/C15H24N2O/c1-10(2)12-9-7-8-11(3)13(12)17-14(18)15(4,5)16-6/h7-10,16H,1-6H3,(H,17,18). The molecular formula is C15H24N2O. The summed E-state index contributed by atoms with van der Waals surface area (Å²) < 4.78 is 0. The van der Waals surface area contributed by atoms with Crippen LogP contribution in [0.25, 0.3) is 0 Å². The van der Waals surface area contributed by atoms with Gasteiger partial charge < -0.3 is 10.6 Å². The SMILES string of the molecule is CNC(C)(C)C(=O)Nc1c(C)cccc1C(C)C. The van der Waals surface area contributed by atoms with Crippen LogP contribution in [-0.2, 0) is 4.79 Å². The maximum absolute atomic E-state index is 12.2. The second kappa shape index (κ2) is 5.53. The highest BCUT2D eigenvalue weighted by molar-refractivity contribution is 5.98. The van der Waals surface area contributed by atoms with E-state index in [0.717, 1.165) is 11.3 Å². The van der Waals surface area contributed by atoms with Gasteiger partial charge in [0.15, 0.2) is 0 Å². The number of benzene rings is 1. The van der Waals surface area contributed by atoms with Crippen LogP contribution in [0.5, 0.6) is 0 Å². The van der Waals surface area contributed by atoms with E-state index in [2.05, 4.69) is 30.5 Å². The summed E-state index contributed by atoms with van der Waals surface area (Å²) in [6, 6.07) is 6.12. The van der Waals surface area contributed by atoms with Gasteiger partial charge in [-0.05, 0) is 44.9 Å². The molecule has 0 saturated carbocycles. The fraction of sp³-hybridized carbons (Fsp3) is 0.533. The topological polar surface area (TPSA) is 41.1 Å². The predicted octanol–water partition coefficient (Wildman–Crippen LogP) is 3.05. The van der Waals surface area contributed by atoms with Crippen LogP contribution in [0, 0.1) is 6.92 Å². The molecule has 0 aliphatic carbocycles. The van der Waals surface area contributed by atoms with Crippen LogP contribution >= 0.6 is 0 Å². The van der Waals surface area contributed by atoms with Crippen molar-refractivity contribution in [2.24, 2.45) is 0 Å². The largest absolute Gasteiger partial charge is 0.324 e. The lowest BCUT2D eigenvalue weighted by Gasteiger charge is -2.25. The van der Waals surface area contributed by atoms with Gasteiger partial charge in [-0.3, -0.25) is 4.79 Å². The van der Waals surface area contributed by atoms with E-state index >= 15 is 0 Å². The molecule has 100 valence electrons. The maximum Gasteiger partial charge on any atom is 0.244 e. The second-order valence-corrected chi connectivity index (χ2v) is 5.52. The fourth-order valence-corrected chi connectivity index (χ4v) is 1.73. The van der Waals surface area contributed by atoms with Gasteiger partial charge in [-0.15, -0.1) is 0 Å². The molecule has 0 saturated heterocycles. The van der Waals surface area contributed by atoms with Crippen LogP contribution in [0.3, 0.4) is 0 Å². The van der Waals surface area contributed by atoms with Gasteiger partial charge in [0.05, 0.1) is 5.54 Å². The minimum Gasteiger partial charge on any atom is -0.324 e. The molecule has 0 atom stereocenters. The summed E-state index contributed by atoms with van der Waals surface area (Å²) >= 11 is 0. The third-order valence-electron chi connectivity index (χ3n) is 3.36. The number of nitrogens with one attached hydrogen (secondary N) is 2. The lowest BCUT2D eigenvalue weighted by atomic mass is 9.97. The number of likely N-dealkylation sites (N-methyl/N-ethyl adjacent to an activating group) is 1. The van der Waals surface area contributed by atoms with Crippen molar-refractivity contribution in [2.75, 3.05) is 12.4 Å². The molecule has 1 aromatic carbocycles. The summed E-state index contributed by atoms with van der Waals surface area (Å²) in [6.07, 6.45) is 0. The zero-order valence-corrected chi connectivity index (χ0v) is 12.2. The van der Waals surface area contributed by atoms with Crippen molar-refractivity contribution < 1.29 is 4.79 Å². The zero-order chi connectivity index (χ0) is 13.9. The molecule has 0 heterocycles. The number of hydrogen-bond donors (Lipinski definition) is 2. The summed E-state index contributed by atoms with van der Waals surface area (Å²) in [7, 11) is 1.79. The van der Waals surface area contributed by atoms with E-state index in [1.807, 2.05) is 32.9 Å². The molecule has 0 bridgehead atoms. The van der Waals surface area contributed by atoms with Gasteiger partial charge >= 0.3 is 0 Å². The van der Waals surface area contributed by atoms with Gasteiger partial charge in [-0.25, -0.2) is 0 Å². The van der Waals surface area contributed by atoms with E-state index in [0.29, 0.717) is 5.92 Å². The van der Waals surface area contributed by atoms with Crippen molar-refractivity contribution >= 4 is 11.6 Å². The molecule has 1 rings (SSSR count). The first kappa shape index (κ1) is 14.7. The molecular weight excluding hydrogens is 224 g/mol. The zero-order valence-electron chi connectivity index (χ0n) is 12.2. The summed E-state index contributed by atoms with van der Waals surface area (Å²) in [6.45, 7) is 10.0. The molecule has 0 unspecified atom stereocenters. The number of hydrogen-bond acceptors (Lipinski definition) is 2. The van der Waals surface area contributed by atoms with E-state index in [-0.39, 0.29) is 5.91 Å². The van der Waals surface area contributed by atoms with Crippen LogP contribution in [0.1, 0.15) is 44.7 Å². The number of rotatable bonds is 4. The van der Waals surface area contributed by atoms with Crippen LogP contribution in [0.2, 0.25) is 0 Å². The average Bonchev–Trinajstić information content (AvgIpc) is 2.31. The first-order valence-electron chi connectivity index (χ1n) is 6.39. The first-order chi connectivity index (χ1) is 8.29. The van der Waals surface area contributed by atoms with Crippen LogP contribution in [-0.4, -0.2) is 18.5 Å². The monoisotopic (exact) mass is 248 g/mol. The quantitative estimate of drug-likeness (QED) is 0.860. The van der Waals surface area contributed by atoms with E-state index in [1.165, 1.54) is 5.56 Å². The number of amides is 1. The summed E-state index contributed by atoms with van der Waals surface area (Å²) in [5.74, 6) is 0.374. The van der Waals surface area contributed by atoms with E-state index in [4.69, 9.17) is 0 Å². The summed E-state index contributed by atoms with van der Waals surface area (Å²) in [5.41, 5.74) is 2.65. The van der Waals surface area contributed by atoms with Gasteiger partial charge in [0.1, 0.15) is 0 Å². The Labute approximate surface area is 110 Å². The summed E-state index contributed by atoms with van der Waals surface area (Å²) in [5, 5.41) is 6.07. The molecule has 0 fully saturated rings. The highest BCUT2D eigenvalue weighted by Crippen LogP contribution is 2.28. The Kier molecular flexibility index (Phi) is 4.52. The third kappa shape index (κ3) is 3.10. The Bertz CT molecular complexity index is 436. The molecule has 3 nitrogen and oxygen atoms in total. The number of anilines is 1.